The fraction of sp³-hybridized carbons (Fsp3) is 0.562. The van der Waals surface area contributed by atoms with Gasteiger partial charge < -0.3 is 9.64 Å². The second-order valence-electron chi connectivity index (χ2n) is 4.72. The minimum Gasteiger partial charge on any atom is -0.380 e. The maximum Gasteiger partial charge on any atom is 0.121 e. The van der Waals surface area contributed by atoms with Gasteiger partial charge in [0.15, 0.2) is 0 Å². The quantitative estimate of drug-likeness (QED) is 0.751. The van der Waals surface area contributed by atoms with Crippen LogP contribution < -0.4 is 5.32 Å². The van der Waals surface area contributed by atoms with Crippen LogP contribution in [0.3, 0.4) is 0 Å². The molecule has 0 aromatic heterocycles. The van der Waals surface area contributed by atoms with Crippen LogP contribution in [-0.4, -0.2) is 38.2 Å². The summed E-state index contributed by atoms with van der Waals surface area (Å²) in [5, 5.41) is 12.6. The van der Waals surface area contributed by atoms with Crippen LogP contribution in [0.2, 0.25) is 0 Å². The van der Waals surface area contributed by atoms with Gasteiger partial charge in [-0.2, -0.15) is 5.26 Å². The first kappa shape index (κ1) is 16.6. The molecule has 0 saturated carbocycles. The van der Waals surface area contributed by atoms with Gasteiger partial charge in [-0.05, 0) is 24.2 Å². The lowest BCUT2D eigenvalue weighted by molar-refractivity contribution is 0.185. The zero-order valence-electron chi connectivity index (χ0n) is 12.7. The van der Waals surface area contributed by atoms with Crippen LogP contribution in [0.4, 0.5) is 0 Å². The number of likely N-dealkylation sites (N-methyl/N-ethyl adjacent to an activating group) is 1. The number of nitrogens with zero attached hydrogens (tertiary/aromatic N) is 2. The van der Waals surface area contributed by atoms with Crippen LogP contribution in [0.25, 0.3) is 0 Å². The van der Waals surface area contributed by atoms with Crippen molar-refractivity contribution in [1.29, 1.82) is 5.26 Å². The van der Waals surface area contributed by atoms with Crippen LogP contribution >= 0.6 is 0 Å². The third-order valence-corrected chi connectivity index (χ3v) is 3.42. The van der Waals surface area contributed by atoms with Crippen molar-refractivity contribution >= 4 is 0 Å². The Labute approximate surface area is 122 Å². The molecule has 110 valence electrons. The SMILES string of the molecule is CCN(CC)CCNC(C#N)c1ccc(COC)cc1. The number of hydrogen-bond donors (Lipinski definition) is 1. The van der Waals surface area contributed by atoms with E-state index in [9.17, 15) is 5.26 Å². The molecule has 0 fully saturated rings. The smallest absolute Gasteiger partial charge is 0.121 e. The van der Waals surface area contributed by atoms with Crippen molar-refractivity contribution in [3.8, 4) is 6.07 Å². The summed E-state index contributed by atoms with van der Waals surface area (Å²) in [4.78, 5) is 2.34. The fourth-order valence-corrected chi connectivity index (χ4v) is 2.12. The predicted molar refractivity (Wildman–Crippen MR) is 81.3 cm³/mol. The average molecular weight is 275 g/mol. The van der Waals surface area contributed by atoms with E-state index in [2.05, 4.69) is 30.1 Å². The lowest BCUT2D eigenvalue weighted by Gasteiger charge is -2.19. The van der Waals surface area contributed by atoms with E-state index in [4.69, 9.17) is 4.74 Å². The summed E-state index contributed by atoms with van der Waals surface area (Å²) in [6, 6.07) is 10.1. The molecular formula is C16H25N3O. The zero-order chi connectivity index (χ0) is 14.8. The molecule has 1 atom stereocenters. The second-order valence-corrected chi connectivity index (χ2v) is 4.72. The molecule has 0 saturated heterocycles. The molecule has 4 nitrogen and oxygen atoms in total. The highest BCUT2D eigenvalue weighted by Gasteiger charge is 2.10. The third-order valence-electron chi connectivity index (χ3n) is 3.42. The maximum atomic E-state index is 9.28. The lowest BCUT2D eigenvalue weighted by atomic mass is 10.1. The standard InChI is InChI=1S/C16H25N3O/c1-4-19(5-2)11-10-18-16(12-17)15-8-6-14(7-9-15)13-20-3/h6-9,16,18H,4-5,10-11,13H2,1-3H3. The Morgan fingerprint density at radius 1 is 1.25 bits per heavy atom. The Kier molecular flexibility index (Phi) is 7.89. The molecule has 0 bridgehead atoms. The molecule has 0 aliphatic rings. The van der Waals surface area contributed by atoms with E-state index in [-0.39, 0.29) is 6.04 Å². The number of benzene rings is 1. The maximum absolute atomic E-state index is 9.28. The van der Waals surface area contributed by atoms with E-state index in [0.717, 1.165) is 37.3 Å². The molecule has 0 aliphatic carbocycles. The van der Waals surface area contributed by atoms with Crippen molar-refractivity contribution < 1.29 is 4.74 Å². The van der Waals surface area contributed by atoms with E-state index in [1.54, 1.807) is 7.11 Å². The topological polar surface area (TPSA) is 48.3 Å². The van der Waals surface area contributed by atoms with Gasteiger partial charge in [0.25, 0.3) is 0 Å². The molecule has 1 rings (SSSR count). The van der Waals surface area contributed by atoms with Gasteiger partial charge in [0.05, 0.1) is 12.7 Å². The molecule has 0 radical (unpaired) electrons. The molecule has 0 heterocycles. The van der Waals surface area contributed by atoms with Crippen LogP contribution in [-0.2, 0) is 11.3 Å². The summed E-state index contributed by atoms with van der Waals surface area (Å²) >= 11 is 0. The zero-order valence-corrected chi connectivity index (χ0v) is 12.7. The van der Waals surface area contributed by atoms with Crippen LogP contribution in [0, 0.1) is 11.3 Å². The number of methoxy groups -OCH3 is 1. The van der Waals surface area contributed by atoms with Gasteiger partial charge in [0, 0.05) is 20.2 Å². The predicted octanol–water partition coefficient (Wildman–Crippen LogP) is 2.33. The van der Waals surface area contributed by atoms with Crippen molar-refractivity contribution in [2.75, 3.05) is 33.3 Å². The van der Waals surface area contributed by atoms with Crippen molar-refractivity contribution in [3.63, 3.8) is 0 Å². The highest BCUT2D eigenvalue weighted by molar-refractivity contribution is 5.28. The van der Waals surface area contributed by atoms with Crippen molar-refractivity contribution in [2.45, 2.75) is 26.5 Å². The molecule has 1 aromatic carbocycles. The number of hydrogen-bond acceptors (Lipinski definition) is 4. The molecule has 0 aliphatic heterocycles. The lowest BCUT2D eigenvalue weighted by Crippen LogP contribution is -2.33. The summed E-state index contributed by atoms with van der Waals surface area (Å²) in [5.74, 6) is 0. The van der Waals surface area contributed by atoms with E-state index in [0.29, 0.717) is 6.61 Å². The monoisotopic (exact) mass is 275 g/mol. The fourth-order valence-electron chi connectivity index (χ4n) is 2.12. The summed E-state index contributed by atoms with van der Waals surface area (Å²) in [6.07, 6.45) is 0. The number of nitriles is 1. The van der Waals surface area contributed by atoms with E-state index in [1.807, 2.05) is 24.3 Å². The molecule has 4 heteroatoms. The minimum atomic E-state index is -0.248. The first-order valence-corrected chi connectivity index (χ1v) is 7.18. The van der Waals surface area contributed by atoms with Gasteiger partial charge in [-0.3, -0.25) is 5.32 Å². The third kappa shape index (κ3) is 5.30. The van der Waals surface area contributed by atoms with Gasteiger partial charge >= 0.3 is 0 Å². The number of ether oxygens (including phenoxy) is 1. The van der Waals surface area contributed by atoms with Gasteiger partial charge in [0.1, 0.15) is 6.04 Å². The number of nitrogens with one attached hydrogen (secondary N) is 1. The van der Waals surface area contributed by atoms with Crippen LogP contribution in [0.5, 0.6) is 0 Å². The molecule has 20 heavy (non-hydrogen) atoms. The summed E-state index contributed by atoms with van der Waals surface area (Å²) in [7, 11) is 1.68. The largest absolute Gasteiger partial charge is 0.380 e. The Bertz CT molecular complexity index is 407. The van der Waals surface area contributed by atoms with Crippen LogP contribution in [0.15, 0.2) is 24.3 Å². The molecular weight excluding hydrogens is 250 g/mol. The van der Waals surface area contributed by atoms with Gasteiger partial charge in [-0.25, -0.2) is 0 Å². The normalized spacial score (nSPS) is 12.3. The second kappa shape index (κ2) is 9.49. The highest BCUT2D eigenvalue weighted by atomic mass is 16.5. The first-order chi connectivity index (χ1) is 9.74. The molecule has 1 N–H and O–H groups in total. The summed E-state index contributed by atoms with van der Waals surface area (Å²) < 4.78 is 5.08. The average Bonchev–Trinajstić information content (AvgIpc) is 2.49. The summed E-state index contributed by atoms with van der Waals surface area (Å²) in [5.41, 5.74) is 2.13. The molecule has 1 unspecified atom stereocenters. The minimum absolute atomic E-state index is 0.248. The Morgan fingerprint density at radius 2 is 1.90 bits per heavy atom. The molecule has 0 amide bonds. The first-order valence-electron chi connectivity index (χ1n) is 7.18. The Hall–Kier alpha value is -1.41. The van der Waals surface area contributed by atoms with Crippen molar-refractivity contribution in [1.82, 2.24) is 10.2 Å². The van der Waals surface area contributed by atoms with E-state index >= 15 is 0 Å². The molecule has 0 spiro atoms. The Balaban J connectivity index is 2.51. The van der Waals surface area contributed by atoms with E-state index < -0.39 is 0 Å². The van der Waals surface area contributed by atoms with Crippen molar-refractivity contribution in [2.24, 2.45) is 0 Å². The van der Waals surface area contributed by atoms with Crippen molar-refractivity contribution in [3.05, 3.63) is 35.4 Å². The van der Waals surface area contributed by atoms with E-state index in [1.165, 1.54) is 0 Å². The van der Waals surface area contributed by atoms with Crippen LogP contribution in [0.1, 0.15) is 31.0 Å². The molecule has 1 aromatic rings. The van der Waals surface area contributed by atoms with Gasteiger partial charge in [0.2, 0.25) is 0 Å². The number of rotatable bonds is 9. The summed E-state index contributed by atoms with van der Waals surface area (Å²) in [6.45, 7) is 8.78. The highest BCUT2D eigenvalue weighted by Crippen LogP contribution is 2.13. The van der Waals surface area contributed by atoms with Gasteiger partial charge in [-0.1, -0.05) is 38.1 Å². The van der Waals surface area contributed by atoms with Gasteiger partial charge in [-0.15, -0.1) is 0 Å². The Morgan fingerprint density at radius 3 is 2.40 bits per heavy atom.